The summed E-state index contributed by atoms with van der Waals surface area (Å²) >= 11 is 0. The van der Waals surface area contributed by atoms with Crippen LogP contribution in [0.3, 0.4) is 0 Å². The average molecular weight is 284 g/mol. The number of methoxy groups -OCH3 is 1. The summed E-state index contributed by atoms with van der Waals surface area (Å²) in [7, 11) is 1.80. The first kappa shape index (κ1) is 16.2. The van der Waals surface area contributed by atoms with Crippen LogP contribution in [0, 0.1) is 0 Å². The molecule has 4 heteroatoms. The van der Waals surface area contributed by atoms with Gasteiger partial charge in [-0.2, -0.15) is 0 Å². The van der Waals surface area contributed by atoms with Crippen LogP contribution in [-0.4, -0.2) is 62.0 Å². The van der Waals surface area contributed by atoms with E-state index in [0.717, 1.165) is 32.5 Å². The minimum Gasteiger partial charge on any atom is -0.379 e. The Morgan fingerprint density at radius 1 is 1.45 bits per heavy atom. The van der Waals surface area contributed by atoms with E-state index in [1.165, 1.54) is 19.4 Å². The lowest BCUT2D eigenvalue weighted by molar-refractivity contribution is -0.0697. The molecule has 0 saturated carbocycles. The molecular weight excluding hydrogens is 252 g/mol. The van der Waals surface area contributed by atoms with E-state index in [2.05, 4.69) is 31.0 Å². The zero-order valence-electron chi connectivity index (χ0n) is 13.7. The Morgan fingerprint density at radius 3 is 2.95 bits per heavy atom. The molecule has 0 radical (unpaired) electrons. The lowest BCUT2D eigenvalue weighted by Gasteiger charge is -2.40. The van der Waals surface area contributed by atoms with Crippen molar-refractivity contribution in [3.63, 3.8) is 0 Å². The lowest BCUT2D eigenvalue weighted by atomic mass is 9.95. The van der Waals surface area contributed by atoms with Crippen molar-refractivity contribution in [2.75, 3.05) is 33.4 Å². The Labute approximate surface area is 124 Å². The minimum absolute atomic E-state index is 0.0431. The molecule has 0 aromatic rings. The van der Waals surface area contributed by atoms with Crippen LogP contribution >= 0.6 is 0 Å². The first-order valence-electron chi connectivity index (χ1n) is 8.20. The summed E-state index contributed by atoms with van der Waals surface area (Å²) in [6.07, 6.45) is 5.15. The molecule has 0 amide bonds. The van der Waals surface area contributed by atoms with Gasteiger partial charge in [0.2, 0.25) is 0 Å². The van der Waals surface area contributed by atoms with Crippen molar-refractivity contribution in [1.82, 2.24) is 10.2 Å². The number of hydrogen-bond donors (Lipinski definition) is 1. The second-order valence-electron chi connectivity index (χ2n) is 6.83. The van der Waals surface area contributed by atoms with Gasteiger partial charge in [0, 0.05) is 25.7 Å². The summed E-state index contributed by atoms with van der Waals surface area (Å²) in [5.74, 6) is 0. The van der Waals surface area contributed by atoms with Crippen molar-refractivity contribution in [1.29, 1.82) is 0 Å². The number of morpholine rings is 1. The third-order valence-electron chi connectivity index (χ3n) is 4.94. The van der Waals surface area contributed by atoms with Crippen molar-refractivity contribution in [3.05, 3.63) is 0 Å². The molecule has 2 fully saturated rings. The molecule has 0 bridgehead atoms. The average Bonchev–Trinajstić information content (AvgIpc) is 2.90. The van der Waals surface area contributed by atoms with Crippen LogP contribution in [0.5, 0.6) is 0 Å². The van der Waals surface area contributed by atoms with E-state index in [1.54, 1.807) is 7.11 Å². The highest BCUT2D eigenvalue weighted by atomic mass is 16.5. The Morgan fingerprint density at radius 2 is 2.25 bits per heavy atom. The van der Waals surface area contributed by atoms with Gasteiger partial charge in [0.1, 0.15) is 0 Å². The molecule has 2 rings (SSSR count). The predicted molar refractivity (Wildman–Crippen MR) is 82.1 cm³/mol. The van der Waals surface area contributed by atoms with E-state index in [0.29, 0.717) is 18.2 Å². The molecule has 0 spiro atoms. The van der Waals surface area contributed by atoms with Gasteiger partial charge in [-0.15, -0.1) is 0 Å². The first-order chi connectivity index (χ1) is 9.55. The fourth-order valence-corrected chi connectivity index (χ4v) is 3.37. The molecule has 3 unspecified atom stereocenters. The highest BCUT2D eigenvalue weighted by molar-refractivity contribution is 4.90. The normalized spacial score (nSPS) is 29.4. The molecule has 1 N–H and O–H groups in total. The summed E-state index contributed by atoms with van der Waals surface area (Å²) in [5.41, 5.74) is -0.0431. The van der Waals surface area contributed by atoms with Crippen LogP contribution in [0.2, 0.25) is 0 Å². The zero-order chi connectivity index (χ0) is 14.6. The van der Waals surface area contributed by atoms with Crippen molar-refractivity contribution >= 4 is 0 Å². The number of nitrogens with zero attached hydrogens (tertiary/aromatic N) is 1. The summed E-state index contributed by atoms with van der Waals surface area (Å²) in [6, 6.07) is 1.12. The Balaban J connectivity index is 1.87. The summed E-state index contributed by atoms with van der Waals surface area (Å²) < 4.78 is 11.7. The monoisotopic (exact) mass is 284 g/mol. The maximum absolute atomic E-state index is 6.16. The second kappa shape index (κ2) is 7.21. The van der Waals surface area contributed by atoms with Crippen molar-refractivity contribution in [2.45, 2.75) is 70.2 Å². The van der Waals surface area contributed by atoms with Crippen LogP contribution < -0.4 is 5.32 Å². The largest absolute Gasteiger partial charge is 0.379 e. The van der Waals surface area contributed by atoms with Crippen molar-refractivity contribution in [3.8, 4) is 0 Å². The molecule has 0 aliphatic carbocycles. The van der Waals surface area contributed by atoms with Crippen LogP contribution in [0.25, 0.3) is 0 Å². The summed E-state index contributed by atoms with van der Waals surface area (Å²) in [6.45, 7) is 10.8. The topological polar surface area (TPSA) is 33.7 Å². The Bertz CT molecular complexity index is 296. The molecule has 3 atom stereocenters. The predicted octanol–water partition coefficient (Wildman–Crippen LogP) is 2.03. The van der Waals surface area contributed by atoms with Crippen LogP contribution in [0.1, 0.15) is 46.5 Å². The fraction of sp³-hybridized carbons (Fsp3) is 1.00. The van der Waals surface area contributed by atoms with Crippen LogP contribution in [-0.2, 0) is 9.47 Å². The molecule has 2 aliphatic rings. The molecule has 20 heavy (non-hydrogen) atoms. The number of ether oxygens (including phenoxy) is 2. The second-order valence-corrected chi connectivity index (χ2v) is 6.83. The smallest absolute Gasteiger partial charge is 0.0855 e. The van der Waals surface area contributed by atoms with Gasteiger partial charge < -0.3 is 14.8 Å². The maximum atomic E-state index is 6.16. The van der Waals surface area contributed by atoms with E-state index in [4.69, 9.17) is 9.47 Å². The number of nitrogens with one attached hydrogen (secondary N) is 1. The van der Waals surface area contributed by atoms with Gasteiger partial charge in [-0.1, -0.05) is 6.92 Å². The maximum Gasteiger partial charge on any atom is 0.0855 e. The molecule has 2 heterocycles. The van der Waals surface area contributed by atoms with Gasteiger partial charge in [0.15, 0.2) is 0 Å². The van der Waals surface area contributed by atoms with E-state index < -0.39 is 0 Å². The minimum atomic E-state index is -0.0431. The Hall–Kier alpha value is -0.160. The number of hydrogen-bond acceptors (Lipinski definition) is 4. The molecule has 0 aromatic carbocycles. The van der Waals surface area contributed by atoms with Gasteiger partial charge in [-0.25, -0.2) is 0 Å². The number of likely N-dealkylation sites (N-methyl/N-ethyl adjacent to an activating group) is 1. The van der Waals surface area contributed by atoms with Gasteiger partial charge in [0.05, 0.1) is 18.3 Å². The van der Waals surface area contributed by atoms with Gasteiger partial charge in [-0.05, 0) is 52.6 Å². The van der Waals surface area contributed by atoms with E-state index in [-0.39, 0.29) is 5.60 Å². The molecule has 2 aliphatic heterocycles. The van der Waals surface area contributed by atoms with E-state index in [9.17, 15) is 0 Å². The highest BCUT2D eigenvalue weighted by Gasteiger charge is 2.35. The van der Waals surface area contributed by atoms with Crippen molar-refractivity contribution < 1.29 is 9.47 Å². The summed E-state index contributed by atoms with van der Waals surface area (Å²) in [4.78, 5) is 2.62. The third-order valence-corrected chi connectivity index (χ3v) is 4.94. The lowest BCUT2D eigenvalue weighted by Crippen LogP contribution is -2.54. The van der Waals surface area contributed by atoms with E-state index >= 15 is 0 Å². The number of fused-ring (bicyclic) bond motifs is 1. The van der Waals surface area contributed by atoms with Crippen LogP contribution in [0.15, 0.2) is 0 Å². The third kappa shape index (κ3) is 4.17. The SMILES string of the molecule is CCNC(CCC(C)(C)OC)C1CN2CCCC2CO1. The van der Waals surface area contributed by atoms with Gasteiger partial charge >= 0.3 is 0 Å². The molecule has 0 aromatic heterocycles. The quantitative estimate of drug-likeness (QED) is 0.775. The zero-order valence-corrected chi connectivity index (χ0v) is 13.7. The molecule has 4 nitrogen and oxygen atoms in total. The first-order valence-corrected chi connectivity index (χ1v) is 8.20. The standard InChI is InChI=1S/C16H32N2O2/c1-5-17-14(8-9-16(2,3)19-4)15-11-18-10-6-7-13(18)12-20-15/h13-15,17H,5-12H2,1-4H3. The molecular formula is C16H32N2O2. The van der Waals surface area contributed by atoms with Crippen LogP contribution in [0.4, 0.5) is 0 Å². The summed E-state index contributed by atoms with van der Waals surface area (Å²) in [5, 5.41) is 3.62. The fourth-order valence-electron chi connectivity index (χ4n) is 3.37. The highest BCUT2D eigenvalue weighted by Crippen LogP contribution is 2.26. The molecule has 118 valence electrons. The van der Waals surface area contributed by atoms with Gasteiger partial charge in [-0.3, -0.25) is 4.90 Å². The Kier molecular flexibility index (Phi) is 5.84. The van der Waals surface area contributed by atoms with Gasteiger partial charge in [0.25, 0.3) is 0 Å². The molecule has 2 saturated heterocycles. The van der Waals surface area contributed by atoms with Crippen molar-refractivity contribution in [2.24, 2.45) is 0 Å². The number of rotatable bonds is 7. The van der Waals surface area contributed by atoms with E-state index in [1.807, 2.05) is 0 Å².